The van der Waals surface area contributed by atoms with Crippen LogP contribution in [0.2, 0.25) is 0 Å². The SMILES string of the molecule is N#CC1=C(N)OC2=C(CCC/C2=C/c2cccs2)C1c1cccs1. The molecule has 120 valence electrons. The van der Waals surface area contributed by atoms with Crippen molar-refractivity contribution in [3.63, 3.8) is 0 Å². The van der Waals surface area contributed by atoms with Gasteiger partial charge in [0.2, 0.25) is 5.88 Å². The zero-order valence-corrected chi connectivity index (χ0v) is 14.6. The molecule has 3 heterocycles. The summed E-state index contributed by atoms with van der Waals surface area (Å²) in [7, 11) is 0. The summed E-state index contributed by atoms with van der Waals surface area (Å²) in [5.74, 6) is 1.06. The van der Waals surface area contributed by atoms with Crippen LogP contribution in [0, 0.1) is 11.3 Å². The molecule has 0 saturated carbocycles. The topological polar surface area (TPSA) is 59.0 Å². The molecule has 3 nitrogen and oxygen atoms in total. The van der Waals surface area contributed by atoms with Crippen molar-refractivity contribution in [3.8, 4) is 6.07 Å². The van der Waals surface area contributed by atoms with Crippen LogP contribution in [0.3, 0.4) is 0 Å². The van der Waals surface area contributed by atoms with Gasteiger partial charge in [-0.05, 0) is 59.4 Å². The second kappa shape index (κ2) is 6.31. The minimum absolute atomic E-state index is 0.0641. The van der Waals surface area contributed by atoms with Crippen molar-refractivity contribution in [1.29, 1.82) is 5.26 Å². The Bertz CT molecular complexity index is 880. The highest BCUT2D eigenvalue weighted by atomic mass is 32.1. The second-order valence-corrected chi connectivity index (χ2v) is 7.79. The normalized spacial score (nSPS) is 22.3. The lowest BCUT2D eigenvalue weighted by Crippen LogP contribution is -2.23. The Morgan fingerprint density at radius 3 is 2.75 bits per heavy atom. The molecule has 0 saturated heterocycles. The van der Waals surface area contributed by atoms with E-state index in [0.29, 0.717) is 5.57 Å². The number of nitrogens with two attached hydrogens (primary N) is 1. The Balaban J connectivity index is 1.84. The van der Waals surface area contributed by atoms with Crippen molar-refractivity contribution in [3.05, 3.63) is 73.1 Å². The van der Waals surface area contributed by atoms with Crippen molar-refractivity contribution < 1.29 is 4.74 Å². The molecule has 2 aromatic heterocycles. The molecule has 1 aliphatic carbocycles. The van der Waals surface area contributed by atoms with Gasteiger partial charge in [0.05, 0.1) is 5.92 Å². The number of ether oxygens (including phenoxy) is 1. The van der Waals surface area contributed by atoms with E-state index in [2.05, 4.69) is 29.7 Å². The van der Waals surface area contributed by atoms with Crippen LogP contribution >= 0.6 is 22.7 Å². The second-order valence-electron chi connectivity index (χ2n) is 5.83. The van der Waals surface area contributed by atoms with Crippen molar-refractivity contribution in [2.75, 3.05) is 0 Å². The zero-order chi connectivity index (χ0) is 16.5. The van der Waals surface area contributed by atoms with Crippen LogP contribution in [0.5, 0.6) is 0 Å². The molecular weight excluding hydrogens is 336 g/mol. The van der Waals surface area contributed by atoms with Gasteiger partial charge in [-0.2, -0.15) is 5.26 Å². The molecule has 0 amide bonds. The minimum Gasteiger partial charge on any atom is -0.440 e. The van der Waals surface area contributed by atoms with Gasteiger partial charge in [0.25, 0.3) is 0 Å². The summed E-state index contributed by atoms with van der Waals surface area (Å²) in [6.07, 6.45) is 5.18. The summed E-state index contributed by atoms with van der Waals surface area (Å²) < 4.78 is 5.94. The lowest BCUT2D eigenvalue weighted by Gasteiger charge is -2.32. The van der Waals surface area contributed by atoms with Crippen LogP contribution in [0.1, 0.15) is 34.9 Å². The molecule has 1 unspecified atom stereocenters. The number of rotatable bonds is 2. The Kier molecular flexibility index (Phi) is 4.01. The van der Waals surface area contributed by atoms with Gasteiger partial charge in [-0.1, -0.05) is 12.1 Å². The molecule has 2 N–H and O–H groups in total. The average Bonchev–Trinajstić information content (AvgIpc) is 3.28. The third-order valence-electron chi connectivity index (χ3n) is 4.40. The molecule has 4 rings (SSSR count). The fourth-order valence-electron chi connectivity index (χ4n) is 3.36. The first kappa shape index (κ1) is 15.3. The van der Waals surface area contributed by atoms with Crippen LogP contribution in [0.4, 0.5) is 0 Å². The largest absolute Gasteiger partial charge is 0.440 e. The predicted octanol–water partition coefficient (Wildman–Crippen LogP) is 5.14. The Morgan fingerprint density at radius 1 is 1.21 bits per heavy atom. The predicted molar refractivity (Wildman–Crippen MR) is 98.1 cm³/mol. The maximum absolute atomic E-state index is 9.60. The van der Waals surface area contributed by atoms with Crippen molar-refractivity contribution in [1.82, 2.24) is 0 Å². The van der Waals surface area contributed by atoms with Crippen molar-refractivity contribution >= 4 is 28.7 Å². The van der Waals surface area contributed by atoms with Gasteiger partial charge in [-0.3, -0.25) is 0 Å². The monoisotopic (exact) mass is 352 g/mol. The smallest absolute Gasteiger partial charge is 0.205 e. The van der Waals surface area contributed by atoms with Crippen LogP contribution in [-0.2, 0) is 4.74 Å². The molecule has 1 atom stereocenters. The van der Waals surface area contributed by atoms with E-state index in [0.717, 1.165) is 29.9 Å². The van der Waals surface area contributed by atoms with Crippen LogP contribution in [0.15, 0.2) is 63.4 Å². The molecule has 0 aromatic carbocycles. The quantitative estimate of drug-likeness (QED) is 0.814. The van der Waals surface area contributed by atoms with Gasteiger partial charge < -0.3 is 10.5 Å². The molecule has 2 aromatic rings. The Morgan fingerprint density at radius 2 is 2.04 bits per heavy atom. The van der Waals surface area contributed by atoms with E-state index < -0.39 is 0 Å². The molecule has 2 aliphatic rings. The van der Waals surface area contributed by atoms with Crippen molar-refractivity contribution in [2.45, 2.75) is 25.2 Å². The number of thiophene rings is 2. The maximum Gasteiger partial charge on any atom is 0.205 e. The first-order chi connectivity index (χ1) is 11.8. The fraction of sp³-hybridized carbons (Fsp3) is 0.211. The van der Waals surface area contributed by atoms with Gasteiger partial charge >= 0.3 is 0 Å². The van der Waals surface area contributed by atoms with Gasteiger partial charge in [0, 0.05) is 9.75 Å². The Labute approximate surface area is 149 Å². The molecule has 0 radical (unpaired) electrons. The lowest BCUT2D eigenvalue weighted by atomic mass is 9.79. The highest BCUT2D eigenvalue weighted by Crippen LogP contribution is 2.47. The summed E-state index contributed by atoms with van der Waals surface area (Å²) in [4.78, 5) is 2.37. The van der Waals surface area contributed by atoms with E-state index in [1.807, 2.05) is 17.5 Å². The number of hydrogen-bond donors (Lipinski definition) is 1. The third-order valence-corrected chi connectivity index (χ3v) is 6.15. The number of allylic oxidation sites excluding steroid dienone is 3. The van der Waals surface area contributed by atoms with E-state index >= 15 is 0 Å². The van der Waals surface area contributed by atoms with Crippen molar-refractivity contribution in [2.24, 2.45) is 5.73 Å². The average molecular weight is 352 g/mol. The summed E-state index contributed by atoms with van der Waals surface area (Å²) >= 11 is 3.38. The first-order valence-electron chi connectivity index (χ1n) is 7.86. The molecule has 5 heteroatoms. The standard InChI is InChI=1S/C19H16N2OS2/c20-11-15-17(16-7-3-9-24-16)14-6-1-4-12(18(14)22-19(15)21)10-13-5-2-8-23-13/h2-3,5,7-10,17H,1,4,6,21H2/b12-10-. The van der Waals surface area contributed by atoms with E-state index in [9.17, 15) is 5.26 Å². The van der Waals surface area contributed by atoms with E-state index in [4.69, 9.17) is 10.5 Å². The van der Waals surface area contributed by atoms with E-state index in [1.165, 1.54) is 16.0 Å². The summed E-state index contributed by atoms with van der Waals surface area (Å²) in [6, 6.07) is 10.5. The van der Waals surface area contributed by atoms with Crippen LogP contribution in [-0.4, -0.2) is 0 Å². The van der Waals surface area contributed by atoms with Gasteiger partial charge in [0.1, 0.15) is 17.4 Å². The number of nitriles is 1. The lowest BCUT2D eigenvalue weighted by molar-refractivity contribution is 0.277. The maximum atomic E-state index is 9.60. The highest BCUT2D eigenvalue weighted by Gasteiger charge is 2.35. The number of nitrogens with zero attached hydrogens (tertiary/aromatic N) is 1. The molecule has 1 aliphatic heterocycles. The third kappa shape index (κ3) is 2.58. The summed E-state index contributed by atoms with van der Waals surface area (Å²) in [5.41, 5.74) is 9.02. The molecular formula is C19H16N2OS2. The molecule has 24 heavy (non-hydrogen) atoms. The molecule has 0 spiro atoms. The van der Waals surface area contributed by atoms with E-state index in [1.54, 1.807) is 22.7 Å². The zero-order valence-electron chi connectivity index (χ0n) is 13.0. The molecule has 0 fully saturated rings. The van der Waals surface area contributed by atoms with Gasteiger partial charge in [-0.15, -0.1) is 22.7 Å². The number of hydrogen-bond acceptors (Lipinski definition) is 5. The minimum atomic E-state index is -0.0641. The van der Waals surface area contributed by atoms with Crippen LogP contribution in [0.25, 0.3) is 6.08 Å². The fourth-order valence-corrected chi connectivity index (χ4v) is 4.91. The van der Waals surface area contributed by atoms with Crippen LogP contribution < -0.4 is 5.73 Å². The van der Waals surface area contributed by atoms with Gasteiger partial charge in [-0.25, -0.2) is 0 Å². The first-order valence-corrected chi connectivity index (χ1v) is 9.62. The highest BCUT2D eigenvalue weighted by molar-refractivity contribution is 7.10. The van der Waals surface area contributed by atoms with E-state index in [-0.39, 0.29) is 11.8 Å². The van der Waals surface area contributed by atoms with Gasteiger partial charge in [0.15, 0.2) is 0 Å². The summed E-state index contributed by atoms with van der Waals surface area (Å²) in [6.45, 7) is 0. The summed E-state index contributed by atoms with van der Waals surface area (Å²) in [5, 5.41) is 13.7. The Hall–Kier alpha value is -2.29. The molecule has 0 bridgehead atoms.